The highest BCUT2D eigenvalue weighted by atomic mass is 16.5. The molecule has 1 amide bonds. The lowest BCUT2D eigenvalue weighted by molar-refractivity contribution is -0.111. The van der Waals surface area contributed by atoms with Crippen LogP contribution < -0.4 is 30.5 Å². The van der Waals surface area contributed by atoms with E-state index in [1.807, 2.05) is 43.0 Å². The van der Waals surface area contributed by atoms with Gasteiger partial charge in [0.25, 0.3) is 0 Å². The Balaban J connectivity index is 1.78. The SMILES string of the molecule is C=CC(=O)Nc1cc(Nc2ncc(C(=O)O)c(N3CC(C)(C)c4nc(C)ccc43)n2)c(OC)cc1N(C)CCNC. The van der Waals surface area contributed by atoms with Crippen LogP contribution in [0.15, 0.2) is 43.1 Å². The summed E-state index contributed by atoms with van der Waals surface area (Å²) in [5, 5.41) is 19.1. The zero-order valence-corrected chi connectivity index (χ0v) is 24.2. The minimum absolute atomic E-state index is 0.0350. The molecule has 0 aliphatic carbocycles. The first-order valence-corrected chi connectivity index (χ1v) is 13.1. The highest BCUT2D eigenvalue weighted by Crippen LogP contribution is 2.44. The Morgan fingerprint density at radius 3 is 2.66 bits per heavy atom. The highest BCUT2D eigenvalue weighted by molar-refractivity contribution is 6.02. The Morgan fingerprint density at radius 2 is 2.00 bits per heavy atom. The number of likely N-dealkylation sites (N-methyl/N-ethyl adjacent to an activating group) is 2. The summed E-state index contributed by atoms with van der Waals surface area (Å²) in [6.45, 7) is 11.5. The first-order chi connectivity index (χ1) is 19.5. The largest absolute Gasteiger partial charge is 0.494 e. The number of nitrogens with zero attached hydrogens (tertiary/aromatic N) is 5. The van der Waals surface area contributed by atoms with Crippen molar-refractivity contribution in [2.24, 2.45) is 0 Å². The van der Waals surface area contributed by atoms with E-state index in [4.69, 9.17) is 9.72 Å². The molecule has 0 atom stereocenters. The number of rotatable bonds is 11. The van der Waals surface area contributed by atoms with Crippen molar-refractivity contribution in [2.45, 2.75) is 26.2 Å². The standard InChI is InChI=1S/C29H36N8O4/c1-8-24(38)33-19-13-20(23(41-7)14-22(19)36(6)12-11-30-5)34-28-31-15-18(27(39)40)26(35-28)37-16-29(3,4)25-21(37)10-9-17(2)32-25/h8-10,13-15,30H,1,11-12,16H2,2-7H3,(H,33,38)(H,39,40)(H,31,34,35). The highest BCUT2D eigenvalue weighted by Gasteiger charge is 2.39. The maximum Gasteiger partial charge on any atom is 0.341 e. The number of aromatic carboxylic acids is 1. The van der Waals surface area contributed by atoms with Crippen LogP contribution in [0.5, 0.6) is 5.75 Å². The molecule has 0 saturated heterocycles. The number of methoxy groups -OCH3 is 1. The molecule has 0 bridgehead atoms. The average molecular weight is 561 g/mol. The summed E-state index contributed by atoms with van der Waals surface area (Å²) in [4.78, 5) is 42.0. The predicted octanol–water partition coefficient (Wildman–Crippen LogP) is 3.84. The summed E-state index contributed by atoms with van der Waals surface area (Å²) >= 11 is 0. The Bertz CT molecular complexity index is 1490. The molecular weight excluding hydrogens is 524 g/mol. The number of carbonyl (C=O) groups is 2. The van der Waals surface area contributed by atoms with Gasteiger partial charge in [-0.2, -0.15) is 4.98 Å². The number of aromatic nitrogens is 3. The van der Waals surface area contributed by atoms with Crippen LogP contribution in [0.4, 0.5) is 34.5 Å². The number of nitrogens with one attached hydrogen (secondary N) is 3. The van der Waals surface area contributed by atoms with E-state index in [9.17, 15) is 14.7 Å². The number of aryl methyl sites for hydroxylation is 1. The normalized spacial score (nSPS) is 13.4. The molecule has 0 saturated carbocycles. The molecule has 0 radical (unpaired) electrons. The summed E-state index contributed by atoms with van der Waals surface area (Å²) < 4.78 is 5.67. The predicted molar refractivity (Wildman–Crippen MR) is 160 cm³/mol. The maximum absolute atomic E-state index is 12.3. The molecule has 41 heavy (non-hydrogen) atoms. The number of benzene rings is 1. The second-order valence-corrected chi connectivity index (χ2v) is 10.4. The quantitative estimate of drug-likeness (QED) is 0.254. The van der Waals surface area contributed by atoms with Gasteiger partial charge in [0.2, 0.25) is 11.9 Å². The minimum atomic E-state index is -1.14. The fraction of sp³-hybridized carbons (Fsp3) is 0.345. The fourth-order valence-corrected chi connectivity index (χ4v) is 4.75. The van der Waals surface area contributed by atoms with Gasteiger partial charge in [-0.05, 0) is 38.2 Å². The Hall–Kier alpha value is -4.71. The van der Waals surface area contributed by atoms with Crippen LogP contribution in [0.2, 0.25) is 0 Å². The third kappa shape index (κ3) is 6.07. The van der Waals surface area contributed by atoms with E-state index in [1.165, 1.54) is 19.4 Å². The van der Waals surface area contributed by atoms with Crippen molar-refractivity contribution in [1.29, 1.82) is 0 Å². The third-order valence-corrected chi connectivity index (χ3v) is 6.87. The number of fused-ring (bicyclic) bond motifs is 1. The molecule has 12 nitrogen and oxygen atoms in total. The van der Waals surface area contributed by atoms with Gasteiger partial charge in [0.05, 0.1) is 35.6 Å². The summed E-state index contributed by atoms with van der Waals surface area (Å²) in [5.41, 5.74) is 3.94. The van der Waals surface area contributed by atoms with Crippen LogP contribution in [0.1, 0.15) is 35.6 Å². The molecule has 0 fully saturated rings. The van der Waals surface area contributed by atoms with Crippen LogP contribution in [-0.2, 0) is 10.2 Å². The van der Waals surface area contributed by atoms with Gasteiger partial charge in [0.15, 0.2) is 5.82 Å². The molecule has 4 rings (SSSR count). The monoisotopic (exact) mass is 560 g/mol. The Kier molecular flexibility index (Phi) is 8.43. The number of anilines is 6. The third-order valence-electron chi connectivity index (χ3n) is 6.87. The molecule has 1 aliphatic rings. The van der Waals surface area contributed by atoms with E-state index in [1.54, 1.807) is 12.1 Å². The van der Waals surface area contributed by atoms with Crippen LogP contribution in [0.25, 0.3) is 0 Å². The topological polar surface area (TPSA) is 145 Å². The van der Waals surface area contributed by atoms with E-state index in [0.717, 1.165) is 29.3 Å². The molecule has 2 aromatic heterocycles. The smallest absolute Gasteiger partial charge is 0.341 e. The molecule has 0 unspecified atom stereocenters. The van der Waals surface area contributed by atoms with Gasteiger partial charge in [-0.1, -0.05) is 20.4 Å². The summed E-state index contributed by atoms with van der Waals surface area (Å²) in [7, 11) is 5.32. The zero-order valence-electron chi connectivity index (χ0n) is 24.2. The van der Waals surface area contributed by atoms with Gasteiger partial charge in [-0.3, -0.25) is 9.78 Å². The summed E-state index contributed by atoms with van der Waals surface area (Å²) in [6, 6.07) is 7.36. The second-order valence-electron chi connectivity index (χ2n) is 10.4. The van der Waals surface area contributed by atoms with Crippen LogP contribution in [-0.4, -0.2) is 72.8 Å². The molecule has 0 spiro atoms. The van der Waals surface area contributed by atoms with Gasteiger partial charge in [-0.15, -0.1) is 0 Å². The van der Waals surface area contributed by atoms with Crippen molar-refractivity contribution < 1.29 is 19.4 Å². The van der Waals surface area contributed by atoms with E-state index < -0.39 is 5.97 Å². The first kappa shape index (κ1) is 29.3. The number of carboxylic acids is 1. The molecule has 3 aromatic rings. The summed E-state index contributed by atoms with van der Waals surface area (Å²) in [6.07, 6.45) is 2.48. The molecule has 12 heteroatoms. The molecular formula is C29H36N8O4. The van der Waals surface area contributed by atoms with Gasteiger partial charge < -0.3 is 35.6 Å². The van der Waals surface area contributed by atoms with E-state index in [-0.39, 0.29) is 28.7 Å². The Labute approximate surface area is 239 Å². The van der Waals surface area contributed by atoms with Gasteiger partial charge in [-0.25, -0.2) is 9.78 Å². The number of hydrogen-bond donors (Lipinski definition) is 4. The minimum Gasteiger partial charge on any atom is -0.494 e. The van der Waals surface area contributed by atoms with Crippen molar-refractivity contribution >= 4 is 46.4 Å². The average Bonchev–Trinajstić information content (AvgIpc) is 3.21. The molecule has 4 N–H and O–H groups in total. The van der Waals surface area contributed by atoms with Crippen molar-refractivity contribution in [3.8, 4) is 5.75 Å². The molecule has 216 valence electrons. The van der Waals surface area contributed by atoms with Crippen LogP contribution in [0, 0.1) is 6.92 Å². The first-order valence-electron chi connectivity index (χ1n) is 13.1. The van der Waals surface area contributed by atoms with E-state index in [2.05, 4.69) is 46.3 Å². The van der Waals surface area contributed by atoms with Crippen molar-refractivity contribution in [1.82, 2.24) is 20.3 Å². The molecule has 3 heterocycles. The lowest BCUT2D eigenvalue weighted by atomic mass is 9.91. The molecule has 1 aromatic carbocycles. The number of hydrogen-bond acceptors (Lipinski definition) is 10. The van der Waals surface area contributed by atoms with Gasteiger partial charge in [0, 0.05) is 50.1 Å². The fourth-order valence-electron chi connectivity index (χ4n) is 4.75. The van der Waals surface area contributed by atoms with Gasteiger partial charge in [0.1, 0.15) is 11.3 Å². The number of carboxylic acid groups (broad SMARTS) is 1. The van der Waals surface area contributed by atoms with Crippen LogP contribution >= 0.6 is 0 Å². The number of carbonyl (C=O) groups excluding carboxylic acids is 1. The number of ether oxygens (including phenoxy) is 1. The second kappa shape index (κ2) is 11.8. The molecule has 1 aliphatic heterocycles. The zero-order chi connectivity index (χ0) is 29.9. The van der Waals surface area contributed by atoms with E-state index in [0.29, 0.717) is 30.2 Å². The Morgan fingerprint density at radius 1 is 1.24 bits per heavy atom. The maximum atomic E-state index is 12.3. The van der Waals surface area contributed by atoms with E-state index >= 15 is 0 Å². The van der Waals surface area contributed by atoms with Crippen molar-refractivity contribution in [3.05, 3.63) is 60.1 Å². The number of amides is 1. The van der Waals surface area contributed by atoms with Gasteiger partial charge >= 0.3 is 5.97 Å². The lowest BCUT2D eigenvalue weighted by Gasteiger charge is -2.25. The van der Waals surface area contributed by atoms with Crippen molar-refractivity contribution in [2.75, 3.05) is 61.3 Å². The number of pyridine rings is 1. The summed E-state index contributed by atoms with van der Waals surface area (Å²) in [5.74, 6) is -0.624. The van der Waals surface area contributed by atoms with Crippen molar-refractivity contribution in [3.63, 3.8) is 0 Å². The van der Waals surface area contributed by atoms with Crippen LogP contribution in [0.3, 0.4) is 0 Å². The lowest BCUT2D eigenvalue weighted by Crippen LogP contribution is -2.28.